The van der Waals surface area contributed by atoms with Gasteiger partial charge in [0.15, 0.2) is 0 Å². The molecule has 4 rings (SSSR count). The normalized spacial score (nSPS) is 14.1. The first-order valence-electron chi connectivity index (χ1n) is 17.5. The number of piperazine rings is 1. The Balaban J connectivity index is 1.39. The standard InChI is InChI=1S/C37H49N5O11S2/c1-27-24-29(49-22-13-23-50-42(35(44)52-37(5,6)7)33(38)39-34(43)51-36(2,3)4)26-30(25-27)53-55(47,48)32-17-12-11-16-31(32)54(45,46)41-20-18-40(19-21-41)28-14-9-8-10-15-28/h8-12,14-17,24-26H,13,18-23H2,1-7H3,(H2,38,39,43). The van der Waals surface area contributed by atoms with Gasteiger partial charge in [-0.15, -0.1) is 5.06 Å². The minimum Gasteiger partial charge on any atom is -0.493 e. The number of guanidine groups is 1. The van der Waals surface area contributed by atoms with Gasteiger partial charge in [0.2, 0.25) is 16.0 Å². The van der Waals surface area contributed by atoms with Crippen molar-refractivity contribution in [1.29, 1.82) is 5.41 Å². The molecule has 0 atom stereocenters. The molecule has 3 aromatic rings. The van der Waals surface area contributed by atoms with E-state index >= 15 is 0 Å². The summed E-state index contributed by atoms with van der Waals surface area (Å²) in [6, 6.07) is 19.4. The number of amides is 2. The molecule has 1 saturated heterocycles. The van der Waals surface area contributed by atoms with E-state index in [1.165, 1.54) is 40.7 Å². The lowest BCUT2D eigenvalue weighted by atomic mass is 10.2. The van der Waals surface area contributed by atoms with Crippen molar-refractivity contribution in [1.82, 2.24) is 14.7 Å². The molecule has 0 radical (unpaired) electrons. The highest BCUT2D eigenvalue weighted by Crippen LogP contribution is 2.30. The Hall–Kier alpha value is -4.91. The van der Waals surface area contributed by atoms with Gasteiger partial charge in [0.05, 0.1) is 13.2 Å². The lowest BCUT2D eigenvalue weighted by molar-refractivity contribution is -0.104. The number of sulfonamides is 1. The number of carbonyl (C=O) groups is 2. The number of carbonyl (C=O) groups excluding carboxylic acids is 2. The van der Waals surface area contributed by atoms with Gasteiger partial charge in [0.1, 0.15) is 32.5 Å². The number of hydrogen-bond donors (Lipinski definition) is 2. The first kappa shape index (κ1) is 42.8. The second-order valence-electron chi connectivity index (χ2n) is 14.5. The Morgan fingerprint density at radius 2 is 1.36 bits per heavy atom. The molecule has 0 saturated carbocycles. The van der Waals surface area contributed by atoms with Gasteiger partial charge in [0.25, 0.3) is 0 Å². The van der Waals surface area contributed by atoms with Crippen LogP contribution in [0.4, 0.5) is 15.3 Å². The highest BCUT2D eigenvalue weighted by atomic mass is 32.2. The third-order valence-corrected chi connectivity index (χ3v) is 10.9. The number of para-hydroxylation sites is 1. The number of alkyl carbamates (subject to hydrolysis) is 1. The topological polar surface area (TPSA) is 194 Å². The molecule has 0 unspecified atom stereocenters. The molecule has 2 N–H and O–H groups in total. The predicted octanol–water partition coefficient (Wildman–Crippen LogP) is 5.67. The van der Waals surface area contributed by atoms with Crippen molar-refractivity contribution in [2.75, 3.05) is 44.3 Å². The van der Waals surface area contributed by atoms with Crippen molar-refractivity contribution in [2.24, 2.45) is 0 Å². The van der Waals surface area contributed by atoms with E-state index in [9.17, 15) is 26.4 Å². The molecule has 2 amide bonds. The molecule has 0 aromatic heterocycles. The number of rotatable bonds is 12. The maximum absolute atomic E-state index is 13.8. The summed E-state index contributed by atoms with van der Waals surface area (Å²) in [5.74, 6) is -0.593. The van der Waals surface area contributed by atoms with Gasteiger partial charge >= 0.3 is 22.3 Å². The van der Waals surface area contributed by atoms with E-state index in [1.807, 2.05) is 30.3 Å². The van der Waals surface area contributed by atoms with E-state index in [-0.39, 0.29) is 49.1 Å². The van der Waals surface area contributed by atoms with E-state index in [0.29, 0.717) is 23.7 Å². The van der Waals surface area contributed by atoms with Crippen LogP contribution in [0.15, 0.2) is 82.6 Å². The molecule has 1 aliphatic rings. The predicted molar refractivity (Wildman–Crippen MR) is 204 cm³/mol. The fourth-order valence-electron chi connectivity index (χ4n) is 5.22. The Labute approximate surface area is 322 Å². The first-order valence-corrected chi connectivity index (χ1v) is 20.3. The summed E-state index contributed by atoms with van der Waals surface area (Å²) < 4.78 is 77.9. The smallest absolute Gasteiger partial charge is 0.442 e. The molecule has 16 nitrogen and oxygen atoms in total. The van der Waals surface area contributed by atoms with E-state index in [2.05, 4.69) is 10.2 Å². The van der Waals surface area contributed by atoms with Crippen LogP contribution in [0.25, 0.3) is 0 Å². The zero-order chi connectivity index (χ0) is 40.6. The average molecular weight is 804 g/mol. The fourth-order valence-corrected chi connectivity index (χ4v) is 8.34. The molecule has 1 aliphatic heterocycles. The van der Waals surface area contributed by atoms with Crippen LogP contribution in [0.3, 0.4) is 0 Å². The van der Waals surface area contributed by atoms with Gasteiger partial charge < -0.3 is 23.3 Å². The number of hydroxylamine groups is 2. The second-order valence-corrected chi connectivity index (χ2v) is 17.9. The van der Waals surface area contributed by atoms with Gasteiger partial charge in [-0.25, -0.2) is 18.0 Å². The number of benzene rings is 3. The maximum atomic E-state index is 13.8. The van der Waals surface area contributed by atoms with Crippen molar-refractivity contribution < 1.29 is 49.7 Å². The zero-order valence-electron chi connectivity index (χ0n) is 32.0. The Kier molecular flexibility index (Phi) is 13.8. The molecule has 0 aliphatic carbocycles. The van der Waals surface area contributed by atoms with Crippen LogP contribution in [0.1, 0.15) is 53.5 Å². The van der Waals surface area contributed by atoms with Crippen LogP contribution in [0, 0.1) is 12.3 Å². The summed E-state index contributed by atoms with van der Waals surface area (Å²) in [4.78, 5) is 31.6. The summed E-state index contributed by atoms with van der Waals surface area (Å²) in [7, 11) is -8.85. The van der Waals surface area contributed by atoms with Crippen LogP contribution in [0.2, 0.25) is 0 Å². The molecule has 300 valence electrons. The minimum atomic E-state index is -4.64. The summed E-state index contributed by atoms with van der Waals surface area (Å²) in [6.07, 6.45) is -1.84. The molecule has 0 spiro atoms. The fraction of sp³-hybridized carbons (Fsp3) is 0.432. The summed E-state index contributed by atoms with van der Waals surface area (Å²) in [5, 5.41) is 10.8. The highest BCUT2D eigenvalue weighted by Gasteiger charge is 2.34. The van der Waals surface area contributed by atoms with E-state index in [1.54, 1.807) is 54.5 Å². The van der Waals surface area contributed by atoms with Gasteiger partial charge in [-0.05, 0) is 90.4 Å². The number of nitrogens with zero attached hydrogens (tertiary/aromatic N) is 3. The van der Waals surface area contributed by atoms with Gasteiger partial charge in [-0.1, -0.05) is 30.3 Å². The van der Waals surface area contributed by atoms with Crippen LogP contribution >= 0.6 is 0 Å². The molecule has 0 bridgehead atoms. The molecular weight excluding hydrogens is 755 g/mol. The third-order valence-electron chi connectivity index (χ3n) is 7.49. The van der Waals surface area contributed by atoms with Crippen molar-refractivity contribution in [3.63, 3.8) is 0 Å². The average Bonchev–Trinajstić information content (AvgIpc) is 3.08. The number of anilines is 1. The number of ether oxygens (including phenoxy) is 3. The van der Waals surface area contributed by atoms with Crippen LogP contribution in [0.5, 0.6) is 11.5 Å². The molecule has 1 heterocycles. The van der Waals surface area contributed by atoms with Crippen molar-refractivity contribution in [3.05, 3.63) is 78.4 Å². The number of aryl methyl sites for hydroxylation is 1. The summed E-state index contributed by atoms with van der Waals surface area (Å²) >= 11 is 0. The zero-order valence-corrected chi connectivity index (χ0v) is 33.7. The first-order chi connectivity index (χ1) is 25.6. The molecule has 55 heavy (non-hydrogen) atoms. The Morgan fingerprint density at radius 3 is 1.98 bits per heavy atom. The monoisotopic (exact) mass is 803 g/mol. The minimum absolute atomic E-state index is 0.0171. The van der Waals surface area contributed by atoms with Crippen molar-refractivity contribution in [2.45, 2.75) is 75.9 Å². The number of nitrogens with one attached hydrogen (secondary N) is 2. The number of hydrogen-bond acceptors (Lipinski definition) is 13. The molecular formula is C37H49N5O11S2. The Bertz CT molecular complexity index is 2040. The SMILES string of the molecule is Cc1cc(OCCCON(C(=N)NC(=O)OC(C)(C)C)C(=O)OC(C)(C)C)cc(OS(=O)(=O)c2ccccc2S(=O)(=O)N2CCN(c3ccccc3)CC2)c1. The molecule has 18 heteroatoms. The van der Waals surface area contributed by atoms with E-state index < -0.39 is 54.4 Å². The van der Waals surface area contributed by atoms with Crippen molar-refractivity contribution >= 4 is 44.0 Å². The summed E-state index contributed by atoms with van der Waals surface area (Å²) in [5.41, 5.74) is -0.216. The largest absolute Gasteiger partial charge is 0.493 e. The van der Waals surface area contributed by atoms with E-state index in [0.717, 1.165) is 5.69 Å². The third kappa shape index (κ3) is 12.6. The van der Waals surface area contributed by atoms with Gasteiger partial charge in [-0.3, -0.25) is 15.6 Å². The lowest BCUT2D eigenvalue weighted by Crippen LogP contribution is -2.49. The van der Waals surface area contributed by atoms with E-state index in [4.69, 9.17) is 28.6 Å². The second kappa shape index (κ2) is 17.7. The van der Waals surface area contributed by atoms with Crippen LogP contribution in [-0.2, 0) is 34.5 Å². The van der Waals surface area contributed by atoms with Gasteiger partial charge in [-0.2, -0.15) is 12.7 Å². The highest BCUT2D eigenvalue weighted by molar-refractivity contribution is 7.91. The summed E-state index contributed by atoms with van der Waals surface area (Å²) in [6.45, 7) is 12.6. The quantitative estimate of drug-likeness (QED) is 0.0750. The molecule has 3 aromatic carbocycles. The maximum Gasteiger partial charge on any atom is 0.442 e. The van der Waals surface area contributed by atoms with Gasteiger partial charge in [0, 0.05) is 44.4 Å². The molecule has 1 fully saturated rings. The van der Waals surface area contributed by atoms with Crippen LogP contribution in [-0.4, -0.2) is 94.9 Å². The van der Waals surface area contributed by atoms with Crippen LogP contribution < -0.4 is 19.1 Å². The van der Waals surface area contributed by atoms with Crippen molar-refractivity contribution in [3.8, 4) is 11.5 Å². The Morgan fingerprint density at radius 1 is 0.782 bits per heavy atom. The lowest BCUT2D eigenvalue weighted by Gasteiger charge is -2.35.